The SMILES string of the molecule is Cc1c(Nc2c(C#N)cncc2-c2ccc(CN3CCNCC3)nc2)ccc2[nH]ccc12. The zero-order chi connectivity index (χ0) is 21.9. The number of hydrogen-bond acceptors (Lipinski definition) is 6. The number of nitrogens with one attached hydrogen (secondary N) is 3. The predicted octanol–water partition coefficient (Wildman–Crippen LogP) is 3.95. The molecular weight excluding hydrogens is 398 g/mol. The molecule has 0 amide bonds. The minimum Gasteiger partial charge on any atom is -0.361 e. The van der Waals surface area contributed by atoms with Gasteiger partial charge in [0.15, 0.2) is 0 Å². The number of pyridine rings is 2. The number of anilines is 2. The molecule has 0 radical (unpaired) electrons. The monoisotopic (exact) mass is 423 g/mol. The molecule has 0 atom stereocenters. The molecule has 1 aliphatic heterocycles. The van der Waals surface area contributed by atoms with Gasteiger partial charge in [0, 0.05) is 85.2 Å². The summed E-state index contributed by atoms with van der Waals surface area (Å²) in [6.07, 6.45) is 7.21. The molecule has 3 aromatic heterocycles. The third-order valence-electron chi connectivity index (χ3n) is 6.06. The van der Waals surface area contributed by atoms with E-state index in [0.29, 0.717) is 5.56 Å². The average molecular weight is 424 g/mol. The lowest BCUT2D eigenvalue weighted by Crippen LogP contribution is -2.43. The Kier molecular flexibility index (Phi) is 5.55. The Morgan fingerprint density at radius 2 is 1.97 bits per heavy atom. The standard InChI is InChI=1S/C25H25N7/c1-17-21-6-7-29-24(21)5-4-23(17)31-25-19(12-26)13-28-15-22(25)18-2-3-20(30-14-18)16-32-10-8-27-9-11-32/h2-7,13-15,27,29H,8-11,16H2,1H3,(H,28,31). The number of aromatic nitrogens is 3. The average Bonchev–Trinajstić information content (AvgIpc) is 3.32. The van der Waals surface area contributed by atoms with Crippen LogP contribution in [0.25, 0.3) is 22.0 Å². The molecule has 4 aromatic rings. The van der Waals surface area contributed by atoms with E-state index in [-0.39, 0.29) is 0 Å². The van der Waals surface area contributed by atoms with E-state index in [2.05, 4.69) is 56.7 Å². The Morgan fingerprint density at radius 3 is 2.75 bits per heavy atom. The minimum atomic E-state index is 0.501. The number of piperazine rings is 1. The van der Waals surface area contributed by atoms with Crippen LogP contribution in [0.15, 0.2) is 55.1 Å². The lowest BCUT2D eigenvalue weighted by atomic mass is 10.0. The number of rotatable bonds is 5. The lowest BCUT2D eigenvalue weighted by Gasteiger charge is -2.26. The zero-order valence-electron chi connectivity index (χ0n) is 18.0. The third-order valence-corrected chi connectivity index (χ3v) is 6.06. The van der Waals surface area contributed by atoms with Crippen molar-refractivity contribution in [1.29, 1.82) is 5.26 Å². The van der Waals surface area contributed by atoms with Crippen molar-refractivity contribution in [3.8, 4) is 17.2 Å². The van der Waals surface area contributed by atoms with Gasteiger partial charge in [0.2, 0.25) is 0 Å². The van der Waals surface area contributed by atoms with Crippen molar-refractivity contribution in [2.75, 3.05) is 31.5 Å². The smallest absolute Gasteiger partial charge is 0.103 e. The number of H-pyrrole nitrogens is 1. The molecule has 0 spiro atoms. The molecule has 160 valence electrons. The second-order valence-electron chi connectivity index (χ2n) is 8.09. The van der Waals surface area contributed by atoms with Crippen LogP contribution in [-0.2, 0) is 6.54 Å². The van der Waals surface area contributed by atoms with Gasteiger partial charge in [-0.05, 0) is 36.8 Å². The Hall–Kier alpha value is -3.73. The van der Waals surface area contributed by atoms with Crippen molar-refractivity contribution in [1.82, 2.24) is 25.2 Å². The van der Waals surface area contributed by atoms with E-state index in [9.17, 15) is 5.26 Å². The van der Waals surface area contributed by atoms with Crippen molar-refractivity contribution in [2.24, 2.45) is 0 Å². The highest BCUT2D eigenvalue weighted by atomic mass is 15.2. The maximum Gasteiger partial charge on any atom is 0.103 e. The van der Waals surface area contributed by atoms with E-state index in [1.807, 2.05) is 24.5 Å². The summed E-state index contributed by atoms with van der Waals surface area (Å²) in [6.45, 7) is 7.05. The van der Waals surface area contributed by atoms with Crippen LogP contribution in [0, 0.1) is 18.3 Å². The van der Waals surface area contributed by atoms with Gasteiger partial charge >= 0.3 is 0 Å². The van der Waals surface area contributed by atoms with Gasteiger partial charge in [-0.15, -0.1) is 0 Å². The molecule has 5 rings (SSSR count). The normalized spacial score (nSPS) is 14.4. The quantitative estimate of drug-likeness (QED) is 0.450. The van der Waals surface area contributed by atoms with Gasteiger partial charge in [0.1, 0.15) is 6.07 Å². The molecule has 32 heavy (non-hydrogen) atoms. The van der Waals surface area contributed by atoms with Crippen molar-refractivity contribution >= 4 is 22.3 Å². The highest BCUT2D eigenvalue weighted by Gasteiger charge is 2.15. The molecule has 4 heterocycles. The minimum absolute atomic E-state index is 0.501. The first-order chi connectivity index (χ1) is 15.7. The first kappa shape index (κ1) is 20.2. The van der Waals surface area contributed by atoms with E-state index in [4.69, 9.17) is 4.98 Å². The highest BCUT2D eigenvalue weighted by Crippen LogP contribution is 2.34. The summed E-state index contributed by atoms with van der Waals surface area (Å²) in [4.78, 5) is 14.6. The predicted molar refractivity (Wildman–Crippen MR) is 127 cm³/mol. The Balaban J connectivity index is 1.46. The molecule has 7 nitrogen and oxygen atoms in total. The number of aryl methyl sites for hydroxylation is 1. The molecule has 1 aliphatic rings. The number of benzene rings is 1. The van der Waals surface area contributed by atoms with E-state index < -0.39 is 0 Å². The summed E-state index contributed by atoms with van der Waals surface area (Å²) in [5.74, 6) is 0. The Bertz CT molecular complexity index is 1280. The van der Waals surface area contributed by atoms with Crippen LogP contribution in [0.4, 0.5) is 11.4 Å². The van der Waals surface area contributed by atoms with Crippen LogP contribution in [-0.4, -0.2) is 46.0 Å². The van der Waals surface area contributed by atoms with E-state index >= 15 is 0 Å². The summed E-state index contributed by atoms with van der Waals surface area (Å²) < 4.78 is 0. The maximum atomic E-state index is 9.74. The van der Waals surface area contributed by atoms with Crippen molar-refractivity contribution < 1.29 is 0 Å². The first-order valence-electron chi connectivity index (χ1n) is 10.8. The van der Waals surface area contributed by atoms with E-state index in [1.54, 1.807) is 12.4 Å². The highest BCUT2D eigenvalue weighted by molar-refractivity contribution is 5.91. The molecule has 0 aliphatic carbocycles. The molecular formula is C25H25N7. The molecule has 0 unspecified atom stereocenters. The number of fused-ring (bicyclic) bond motifs is 1. The molecule has 1 aromatic carbocycles. The van der Waals surface area contributed by atoms with Gasteiger partial charge in [-0.2, -0.15) is 5.26 Å². The van der Waals surface area contributed by atoms with Gasteiger partial charge in [-0.25, -0.2) is 0 Å². The topological polar surface area (TPSA) is 92.7 Å². The summed E-state index contributed by atoms with van der Waals surface area (Å²) in [5.41, 5.74) is 7.26. The number of nitrogens with zero attached hydrogens (tertiary/aromatic N) is 4. The third kappa shape index (κ3) is 3.94. The molecule has 1 fully saturated rings. The van der Waals surface area contributed by atoms with Crippen molar-refractivity contribution in [3.63, 3.8) is 0 Å². The molecule has 0 bridgehead atoms. The fourth-order valence-corrected chi connectivity index (χ4v) is 4.23. The lowest BCUT2D eigenvalue weighted by molar-refractivity contribution is 0.231. The molecule has 1 saturated heterocycles. The first-order valence-corrected chi connectivity index (χ1v) is 10.8. The summed E-state index contributed by atoms with van der Waals surface area (Å²) in [5, 5.41) is 17.8. The second-order valence-corrected chi connectivity index (χ2v) is 8.09. The number of aromatic amines is 1. The van der Waals surface area contributed by atoms with Gasteiger partial charge < -0.3 is 15.6 Å². The summed E-state index contributed by atoms with van der Waals surface area (Å²) >= 11 is 0. The largest absolute Gasteiger partial charge is 0.361 e. The molecule has 3 N–H and O–H groups in total. The summed E-state index contributed by atoms with van der Waals surface area (Å²) in [6, 6.07) is 12.6. The Labute approximate surface area is 187 Å². The van der Waals surface area contributed by atoms with Gasteiger partial charge in [0.05, 0.1) is 16.9 Å². The van der Waals surface area contributed by atoms with Gasteiger partial charge in [0.25, 0.3) is 0 Å². The maximum absolute atomic E-state index is 9.74. The van der Waals surface area contributed by atoms with Gasteiger partial charge in [-0.1, -0.05) is 6.07 Å². The van der Waals surface area contributed by atoms with Crippen molar-refractivity contribution in [3.05, 3.63) is 71.9 Å². The fraction of sp³-hybridized carbons (Fsp3) is 0.240. The molecule has 7 heteroatoms. The second kappa shape index (κ2) is 8.79. The van der Waals surface area contributed by atoms with Crippen LogP contribution in [0.1, 0.15) is 16.8 Å². The number of hydrogen-bond donors (Lipinski definition) is 3. The van der Waals surface area contributed by atoms with E-state index in [1.165, 1.54) is 0 Å². The zero-order valence-corrected chi connectivity index (χ0v) is 18.0. The fourth-order valence-electron chi connectivity index (χ4n) is 4.23. The van der Waals surface area contributed by atoms with Crippen LogP contribution in [0.5, 0.6) is 0 Å². The van der Waals surface area contributed by atoms with Crippen LogP contribution < -0.4 is 10.6 Å². The Morgan fingerprint density at radius 1 is 1.09 bits per heavy atom. The van der Waals surface area contributed by atoms with E-state index in [0.717, 1.165) is 77.4 Å². The van der Waals surface area contributed by atoms with Crippen LogP contribution >= 0.6 is 0 Å². The van der Waals surface area contributed by atoms with Crippen molar-refractivity contribution in [2.45, 2.75) is 13.5 Å². The van der Waals surface area contributed by atoms with Crippen LogP contribution in [0.3, 0.4) is 0 Å². The molecule has 0 saturated carbocycles. The van der Waals surface area contributed by atoms with Gasteiger partial charge in [-0.3, -0.25) is 14.9 Å². The van der Waals surface area contributed by atoms with Crippen LogP contribution in [0.2, 0.25) is 0 Å². The summed E-state index contributed by atoms with van der Waals surface area (Å²) in [7, 11) is 0. The number of nitriles is 1.